The quantitative estimate of drug-likeness (QED) is 0.308. The average molecular weight is 472 g/mol. The van der Waals surface area contributed by atoms with E-state index < -0.39 is 5.91 Å². The van der Waals surface area contributed by atoms with E-state index in [2.05, 4.69) is 5.32 Å². The number of anilines is 1. The largest absolute Gasteiger partial charge is 0.487 e. The number of hydrogen-bond donors (Lipinski definition) is 1. The SMILES string of the molecule is Cc1cccc(NC(=O)/C(C#N)=C/c2cc(Cl)cc(Cl)c2OCc2ccccc2Cl)c1. The summed E-state index contributed by atoms with van der Waals surface area (Å²) in [6.45, 7) is 2.06. The first kappa shape index (κ1) is 22.7. The monoisotopic (exact) mass is 470 g/mol. The highest BCUT2D eigenvalue weighted by molar-refractivity contribution is 6.36. The van der Waals surface area contributed by atoms with Crippen molar-refractivity contribution in [3.05, 3.63) is 98.0 Å². The molecule has 0 atom stereocenters. The molecule has 3 aromatic rings. The van der Waals surface area contributed by atoms with Crippen LogP contribution < -0.4 is 10.1 Å². The van der Waals surface area contributed by atoms with Crippen molar-refractivity contribution in [3.63, 3.8) is 0 Å². The van der Waals surface area contributed by atoms with Gasteiger partial charge in [0.2, 0.25) is 0 Å². The number of nitriles is 1. The number of hydrogen-bond acceptors (Lipinski definition) is 3. The Kier molecular flexibility index (Phi) is 7.59. The van der Waals surface area contributed by atoms with E-state index in [1.807, 2.05) is 43.3 Å². The molecule has 0 fully saturated rings. The lowest BCUT2D eigenvalue weighted by atomic mass is 10.1. The van der Waals surface area contributed by atoms with E-state index in [1.165, 1.54) is 12.1 Å². The summed E-state index contributed by atoms with van der Waals surface area (Å²) in [5, 5.41) is 13.4. The van der Waals surface area contributed by atoms with Gasteiger partial charge in [-0.1, -0.05) is 65.1 Å². The number of carbonyl (C=O) groups excluding carboxylic acids is 1. The maximum absolute atomic E-state index is 12.6. The molecule has 0 aliphatic carbocycles. The number of rotatable bonds is 6. The highest BCUT2D eigenvalue weighted by Gasteiger charge is 2.15. The molecule has 1 amide bonds. The van der Waals surface area contributed by atoms with Gasteiger partial charge in [0.25, 0.3) is 5.91 Å². The van der Waals surface area contributed by atoms with Crippen molar-refractivity contribution in [3.8, 4) is 11.8 Å². The van der Waals surface area contributed by atoms with Crippen molar-refractivity contribution in [2.24, 2.45) is 0 Å². The van der Waals surface area contributed by atoms with Gasteiger partial charge in [0.05, 0.1) is 5.02 Å². The fraction of sp³-hybridized carbons (Fsp3) is 0.0833. The Labute approximate surface area is 195 Å². The van der Waals surface area contributed by atoms with Crippen LogP contribution in [0, 0.1) is 18.3 Å². The molecule has 0 aromatic heterocycles. The van der Waals surface area contributed by atoms with Crippen molar-refractivity contribution in [1.82, 2.24) is 0 Å². The molecule has 0 unspecified atom stereocenters. The highest BCUT2D eigenvalue weighted by Crippen LogP contribution is 2.35. The zero-order valence-corrected chi connectivity index (χ0v) is 18.7. The fourth-order valence-electron chi connectivity index (χ4n) is 2.83. The fourth-order valence-corrected chi connectivity index (χ4v) is 3.58. The minimum atomic E-state index is -0.554. The van der Waals surface area contributed by atoms with Crippen LogP contribution in [-0.4, -0.2) is 5.91 Å². The number of benzene rings is 3. The molecular weight excluding hydrogens is 455 g/mol. The summed E-state index contributed by atoms with van der Waals surface area (Å²) < 4.78 is 5.89. The molecule has 3 aromatic carbocycles. The van der Waals surface area contributed by atoms with Gasteiger partial charge >= 0.3 is 0 Å². The predicted octanol–water partition coefficient (Wildman–Crippen LogP) is 7.08. The summed E-state index contributed by atoms with van der Waals surface area (Å²) in [5.41, 5.74) is 2.62. The van der Waals surface area contributed by atoms with Crippen LogP contribution in [0.25, 0.3) is 6.08 Å². The van der Waals surface area contributed by atoms with Crippen molar-refractivity contribution in [2.45, 2.75) is 13.5 Å². The summed E-state index contributed by atoms with van der Waals surface area (Å²) in [5.74, 6) is -0.261. The highest BCUT2D eigenvalue weighted by atomic mass is 35.5. The molecule has 7 heteroatoms. The summed E-state index contributed by atoms with van der Waals surface area (Å²) in [6.07, 6.45) is 1.39. The van der Waals surface area contributed by atoms with Gasteiger partial charge in [0.1, 0.15) is 24.0 Å². The van der Waals surface area contributed by atoms with Crippen LogP contribution in [0.3, 0.4) is 0 Å². The van der Waals surface area contributed by atoms with Crippen LogP contribution in [0.4, 0.5) is 5.69 Å². The first-order valence-corrected chi connectivity index (χ1v) is 10.4. The van der Waals surface area contributed by atoms with Crippen molar-refractivity contribution < 1.29 is 9.53 Å². The van der Waals surface area contributed by atoms with Crippen LogP contribution in [0.2, 0.25) is 15.1 Å². The third-order valence-corrected chi connectivity index (χ3v) is 5.18. The average Bonchev–Trinajstić information content (AvgIpc) is 2.72. The standard InChI is InChI=1S/C24H17Cl3N2O2/c1-15-5-4-7-20(9-15)29-24(30)18(13-28)10-17-11-19(25)12-22(27)23(17)31-14-16-6-2-3-8-21(16)26/h2-12H,14H2,1H3,(H,29,30)/b18-10+. The Balaban J connectivity index is 1.90. The number of ether oxygens (including phenoxy) is 1. The number of halogens is 3. The normalized spacial score (nSPS) is 11.0. The third kappa shape index (κ3) is 6.02. The molecule has 0 aliphatic rings. The van der Waals surface area contributed by atoms with E-state index in [1.54, 1.807) is 24.3 Å². The smallest absolute Gasteiger partial charge is 0.266 e. The Morgan fingerprint density at radius 3 is 2.55 bits per heavy atom. The van der Waals surface area contributed by atoms with Gasteiger partial charge in [-0.05, 0) is 48.9 Å². The Bertz CT molecular complexity index is 1200. The molecule has 0 saturated carbocycles. The molecule has 0 heterocycles. The van der Waals surface area contributed by atoms with E-state index in [-0.39, 0.29) is 17.2 Å². The van der Waals surface area contributed by atoms with Gasteiger partial charge in [-0.25, -0.2) is 0 Å². The summed E-state index contributed by atoms with van der Waals surface area (Å²) in [4.78, 5) is 12.6. The van der Waals surface area contributed by atoms with E-state index in [4.69, 9.17) is 39.5 Å². The van der Waals surface area contributed by atoms with Crippen LogP contribution in [0.5, 0.6) is 5.75 Å². The maximum atomic E-state index is 12.6. The van der Waals surface area contributed by atoms with E-state index in [0.29, 0.717) is 27.0 Å². The molecule has 0 radical (unpaired) electrons. The topological polar surface area (TPSA) is 62.1 Å². The van der Waals surface area contributed by atoms with Gasteiger partial charge in [-0.2, -0.15) is 5.26 Å². The van der Waals surface area contributed by atoms with Crippen LogP contribution in [0.15, 0.2) is 66.2 Å². The maximum Gasteiger partial charge on any atom is 0.266 e. The van der Waals surface area contributed by atoms with E-state index in [9.17, 15) is 10.1 Å². The van der Waals surface area contributed by atoms with Crippen molar-refractivity contribution >= 4 is 52.5 Å². The summed E-state index contributed by atoms with van der Waals surface area (Å²) in [7, 11) is 0. The minimum Gasteiger partial charge on any atom is -0.487 e. The van der Waals surface area contributed by atoms with Crippen molar-refractivity contribution in [2.75, 3.05) is 5.32 Å². The second kappa shape index (κ2) is 10.4. The number of nitrogens with zero attached hydrogens (tertiary/aromatic N) is 1. The zero-order chi connectivity index (χ0) is 22.4. The lowest BCUT2D eigenvalue weighted by molar-refractivity contribution is -0.112. The van der Waals surface area contributed by atoms with E-state index >= 15 is 0 Å². The molecule has 31 heavy (non-hydrogen) atoms. The summed E-state index contributed by atoms with van der Waals surface area (Å²) in [6, 6.07) is 19.6. The van der Waals surface area contributed by atoms with Gasteiger partial charge in [0.15, 0.2) is 0 Å². The molecule has 3 rings (SSSR count). The number of amides is 1. The van der Waals surface area contributed by atoms with Gasteiger partial charge in [-0.15, -0.1) is 0 Å². The van der Waals surface area contributed by atoms with Crippen LogP contribution in [0.1, 0.15) is 16.7 Å². The molecular formula is C24H17Cl3N2O2. The number of carbonyl (C=O) groups is 1. The lowest BCUT2D eigenvalue weighted by Gasteiger charge is -2.13. The number of aryl methyl sites for hydroxylation is 1. The van der Waals surface area contributed by atoms with Gasteiger partial charge < -0.3 is 10.1 Å². The first-order valence-electron chi connectivity index (χ1n) is 9.22. The molecule has 0 aliphatic heterocycles. The predicted molar refractivity (Wildman–Crippen MR) is 126 cm³/mol. The molecule has 0 saturated heterocycles. The van der Waals surface area contributed by atoms with Crippen LogP contribution in [-0.2, 0) is 11.4 Å². The number of nitrogens with one attached hydrogen (secondary N) is 1. The molecule has 0 bridgehead atoms. The van der Waals surface area contributed by atoms with E-state index in [0.717, 1.165) is 11.1 Å². The third-order valence-electron chi connectivity index (χ3n) is 4.31. The molecule has 0 spiro atoms. The molecule has 1 N–H and O–H groups in total. The Morgan fingerprint density at radius 1 is 1.06 bits per heavy atom. The minimum absolute atomic E-state index is 0.123. The Hall–Kier alpha value is -2.97. The summed E-state index contributed by atoms with van der Waals surface area (Å²) >= 11 is 18.7. The van der Waals surface area contributed by atoms with Gasteiger partial charge in [0, 0.05) is 26.9 Å². The molecule has 156 valence electrons. The Morgan fingerprint density at radius 2 is 1.84 bits per heavy atom. The zero-order valence-electron chi connectivity index (χ0n) is 16.5. The molecule has 4 nitrogen and oxygen atoms in total. The second-order valence-corrected chi connectivity index (χ2v) is 7.93. The van der Waals surface area contributed by atoms with Crippen molar-refractivity contribution in [1.29, 1.82) is 5.26 Å². The lowest BCUT2D eigenvalue weighted by Crippen LogP contribution is -2.13. The first-order chi connectivity index (χ1) is 14.9. The van der Waals surface area contributed by atoms with Gasteiger partial charge in [-0.3, -0.25) is 4.79 Å². The second-order valence-electron chi connectivity index (χ2n) is 6.68. The van der Waals surface area contributed by atoms with Crippen LogP contribution >= 0.6 is 34.8 Å².